The Balaban J connectivity index is 2.92. The van der Waals surface area contributed by atoms with Gasteiger partial charge in [0.25, 0.3) is 0 Å². The predicted molar refractivity (Wildman–Crippen MR) is 61.1 cm³/mol. The fourth-order valence-electron chi connectivity index (χ4n) is 1.44. The summed E-state index contributed by atoms with van der Waals surface area (Å²) in [5.74, 6) is 0.618. The number of hydrogen-bond acceptors (Lipinski definition) is 5. The molecular formula is C12H16O5. The van der Waals surface area contributed by atoms with Crippen molar-refractivity contribution in [2.75, 3.05) is 21.3 Å². The zero-order valence-electron chi connectivity index (χ0n) is 10.1. The molecule has 0 saturated heterocycles. The summed E-state index contributed by atoms with van der Waals surface area (Å²) in [6, 6.07) is 5.00. The number of rotatable bonds is 5. The van der Waals surface area contributed by atoms with Crippen molar-refractivity contribution in [2.24, 2.45) is 0 Å². The Morgan fingerprint density at radius 1 is 1.29 bits per heavy atom. The number of aliphatic hydroxyl groups excluding tert-OH is 1. The van der Waals surface area contributed by atoms with Gasteiger partial charge >= 0.3 is 5.97 Å². The third-order valence-corrected chi connectivity index (χ3v) is 2.39. The molecule has 0 fully saturated rings. The molecule has 1 aromatic rings. The molecule has 0 aliphatic rings. The van der Waals surface area contributed by atoms with Crippen molar-refractivity contribution in [3.63, 3.8) is 0 Å². The second-order valence-corrected chi connectivity index (χ2v) is 3.40. The van der Waals surface area contributed by atoms with Crippen LogP contribution in [0.15, 0.2) is 18.2 Å². The average Bonchev–Trinajstić information content (AvgIpc) is 2.37. The van der Waals surface area contributed by atoms with Gasteiger partial charge in [0.05, 0.1) is 33.9 Å². The Morgan fingerprint density at radius 3 is 2.53 bits per heavy atom. The van der Waals surface area contributed by atoms with Crippen LogP contribution in [0.3, 0.4) is 0 Å². The summed E-state index contributed by atoms with van der Waals surface area (Å²) < 4.78 is 14.7. The van der Waals surface area contributed by atoms with E-state index in [0.29, 0.717) is 17.1 Å². The van der Waals surface area contributed by atoms with Crippen LogP contribution >= 0.6 is 0 Å². The third-order valence-electron chi connectivity index (χ3n) is 2.39. The van der Waals surface area contributed by atoms with E-state index in [4.69, 9.17) is 9.47 Å². The van der Waals surface area contributed by atoms with E-state index < -0.39 is 12.1 Å². The van der Waals surface area contributed by atoms with Crippen LogP contribution in [-0.4, -0.2) is 32.4 Å². The summed E-state index contributed by atoms with van der Waals surface area (Å²) in [7, 11) is 4.31. The molecular weight excluding hydrogens is 224 g/mol. The maximum Gasteiger partial charge on any atom is 0.308 e. The Kier molecular flexibility index (Phi) is 4.78. The van der Waals surface area contributed by atoms with E-state index in [1.807, 2.05) is 0 Å². The van der Waals surface area contributed by atoms with Gasteiger partial charge in [-0.2, -0.15) is 0 Å². The van der Waals surface area contributed by atoms with E-state index in [-0.39, 0.29) is 6.42 Å². The quantitative estimate of drug-likeness (QED) is 0.786. The highest BCUT2D eigenvalue weighted by Crippen LogP contribution is 2.30. The molecule has 1 aromatic carbocycles. The fourth-order valence-corrected chi connectivity index (χ4v) is 1.44. The van der Waals surface area contributed by atoms with Gasteiger partial charge in [0, 0.05) is 11.6 Å². The second-order valence-electron chi connectivity index (χ2n) is 3.40. The van der Waals surface area contributed by atoms with E-state index in [9.17, 15) is 9.90 Å². The minimum absolute atomic E-state index is 0.112. The zero-order valence-corrected chi connectivity index (χ0v) is 10.1. The molecule has 1 atom stereocenters. The van der Waals surface area contributed by atoms with Crippen LogP contribution in [0.4, 0.5) is 0 Å². The summed E-state index contributed by atoms with van der Waals surface area (Å²) in [4.78, 5) is 11.1. The zero-order chi connectivity index (χ0) is 12.8. The SMILES string of the molecule is COC(=O)C[C@H](O)c1ccc(OC)cc1OC. The highest BCUT2D eigenvalue weighted by atomic mass is 16.5. The summed E-state index contributed by atoms with van der Waals surface area (Å²) >= 11 is 0. The van der Waals surface area contributed by atoms with Crippen molar-refractivity contribution in [3.05, 3.63) is 23.8 Å². The molecule has 0 amide bonds. The van der Waals surface area contributed by atoms with Crippen LogP contribution in [0.2, 0.25) is 0 Å². The number of benzene rings is 1. The Morgan fingerprint density at radius 2 is 2.00 bits per heavy atom. The lowest BCUT2D eigenvalue weighted by Gasteiger charge is -2.14. The predicted octanol–water partition coefficient (Wildman–Crippen LogP) is 1.30. The van der Waals surface area contributed by atoms with Crippen molar-refractivity contribution in [1.29, 1.82) is 0 Å². The number of esters is 1. The molecule has 0 aliphatic carbocycles. The first-order valence-electron chi connectivity index (χ1n) is 5.09. The Hall–Kier alpha value is -1.75. The first kappa shape index (κ1) is 13.3. The minimum atomic E-state index is -0.955. The first-order valence-corrected chi connectivity index (χ1v) is 5.09. The third kappa shape index (κ3) is 3.35. The number of ether oxygens (including phenoxy) is 3. The highest BCUT2D eigenvalue weighted by Gasteiger charge is 2.17. The van der Waals surface area contributed by atoms with Crippen molar-refractivity contribution >= 4 is 5.97 Å². The van der Waals surface area contributed by atoms with Crippen molar-refractivity contribution < 1.29 is 24.1 Å². The lowest BCUT2D eigenvalue weighted by atomic mass is 10.1. The molecule has 94 valence electrons. The number of aliphatic hydroxyl groups is 1. The van der Waals surface area contributed by atoms with E-state index >= 15 is 0 Å². The maximum absolute atomic E-state index is 11.1. The van der Waals surface area contributed by atoms with Crippen molar-refractivity contribution in [1.82, 2.24) is 0 Å². The molecule has 0 aromatic heterocycles. The molecule has 0 spiro atoms. The molecule has 5 nitrogen and oxygen atoms in total. The first-order chi connectivity index (χ1) is 8.12. The molecule has 0 radical (unpaired) electrons. The van der Waals surface area contributed by atoms with Gasteiger partial charge in [-0.3, -0.25) is 4.79 Å². The average molecular weight is 240 g/mol. The molecule has 1 N–H and O–H groups in total. The molecule has 0 saturated carbocycles. The van der Waals surface area contributed by atoms with Crippen LogP contribution in [0.25, 0.3) is 0 Å². The molecule has 0 heterocycles. The van der Waals surface area contributed by atoms with Gasteiger partial charge in [0.2, 0.25) is 0 Å². The van der Waals surface area contributed by atoms with Crippen LogP contribution < -0.4 is 9.47 Å². The summed E-state index contributed by atoms with van der Waals surface area (Å²) in [5, 5.41) is 9.88. The molecule has 0 aliphatic heterocycles. The molecule has 1 rings (SSSR count). The summed E-state index contributed by atoms with van der Waals surface area (Å²) in [6.45, 7) is 0. The summed E-state index contributed by atoms with van der Waals surface area (Å²) in [6.07, 6.45) is -1.07. The van der Waals surface area contributed by atoms with Crippen LogP contribution in [-0.2, 0) is 9.53 Å². The fraction of sp³-hybridized carbons (Fsp3) is 0.417. The molecule has 5 heteroatoms. The van der Waals surface area contributed by atoms with Gasteiger partial charge in [-0.05, 0) is 12.1 Å². The number of carbonyl (C=O) groups is 1. The van der Waals surface area contributed by atoms with Gasteiger partial charge in [-0.1, -0.05) is 0 Å². The number of hydrogen-bond donors (Lipinski definition) is 1. The normalized spacial score (nSPS) is 11.8. The lowest BCUT2D eigenvalue weighted by molar-refractivity contribution is -0.142. The molecule has 17 heavy (non-hydrogen) atoms. The highest BCUT2D eigenvalue weighted by molar-refractivity contribution is 5.70. The van der Waals surface area contributed by atoms with Gasteiger partial charge in [0.15, 0.2) is 0 Å². The van der Waals surface area contributed by atoms with E-state index in [0.717, 1.165) is 0 Å². The minimum Gasteiger partial charge on any atom is -0.497 e. The smallest absolute Gasteiger partial charge is 0.308 e. The lowest BCUT2D eigenvalue weighted by Crippen LogP contribution is -2.09. The van der Waals surface area contributed by atoms with Crippen LogP contribution in [0, 0.1) is 0 Å². The molecule has 0 bridgehead atoms. The number of methoxy groups -OCH3 is 3. The maximum atomic E-state index is 11.1. The van der Waals surface area contributed by atoms with Gasteiger partial charge in [-0.15, -0.1) is 0 Å². The standard InChI is InChI=1S/C12H16O5/c1-15-8-4-5-9(11(6-8)16-2)10(13)7-12(14)17-3/h4-6,10,13H,7H2,1-3H3/t10-/m0/s1. The monoisotopic (exact) mass is 240 g/mol. The second kappa shape index (κ2) is 6.10. The van der Waals surface area contributed by atoms with Crippen LogP contribution in [0.5, 0.6) is 11.5 Å². The largest absolute Gasteiger partial charge is 0.497 e. The van der Waals surface area contributed by atoms with Crippen molar-refractivity contribution in [3.8, 4) is 11.5 Å². The molecule has 0 unspecified atom stereocenters. The Labute approximate surface area is 99.9 Å². The summed E-state index contributed by atoms with van der Waals surface area (Å²) in [5.41, 5.74) is 0.527. The topological polar surface area (TPSA) is 65.0 Å². The van der Waals surface area contributed by atoms with Gasteiger partial charge in [-0.25, -0.2) is 0 Å². The van der Waals surface area contributed by atoms with Gasteiger partial charge in [0.1, 0.15) is 11.5 Å². The van der Waals surface area contributed by atoms with Crippen LogP contribution in [0.1, 0.15) is 18.1 Å². The van der Waals surface area contributed by atoms with Crippen molar-refractivity contribution in [2.45, 2.75) is 12.5 Å². The number of carbonyl (C=O) groups excluding carboxylic acids is 1. The van der Waals surface area contributed by atoms with E-state index in [2.05, 4.69) is 4.74 Å². The van der Waals surface area contributed by atoms with Gasteiger partial charge < -0.3 is 19.3 Å². The van der Waals surface area contributed by atoms with E-state index in [1.54, 1.807) is 25.3 Å². The van der Waals surface area contributed by atoms with E-state index in [1.165, 1.54) is 14.2 Å². The Bertz CT molecular complexity index is 388.